The second-order valence-corrected chi connectivity index (χ2v) is 4.68. The normalized spacial score (nSPS) is 9.94. The van der Waals surface area contributed by atoms with E-state index in [1.165, 1.54) is 6.20 Å². The lowest BCUT2D eigenvalue weighted by Gasteiger charge is -2.04. The fourth-order valence-corrected chi connectivity index (χ4v) is 1.63. The number of hydrogen-bond donors (Lipinski definition) is 2. The average Bonchev–Trinajstić information content (AvgIpc) is 2.33. The van der Waals surface area contributed by atoms with Crippen LogP contribution in [0.15, 0.2) is 42.6 Å². The fraction of sp³-hybridized carbons (Fsp3) is 0. The molecule has 0 bridgehead atoms. The molecule has 0 atom stereocenters. The van der Waals surface area contributed by atoms with Crippen molar-refractivity contribution in [3.8, 4) is 0 Å². The number of nitrogens with two attached hydrogens (primary N) is 1. The summed E-state index contributed by atoms with van der Waals surface area (Å²) in [6.45, 7) is 0. The highest BCUT2D eigenvalue weighted by Crippen LogP contribution is 2.10. The Labute approximate surface area is 112 Å². The Hall–Kier alpha value is -1.63. The van der Waals surface area contributed by atoms with Gasteiger partial charge in [-0.3, -0.25) is 4.79 Å². The topological polar surface area (TPSA) is 68.0 Å². The molecule has 0 fully saturated rings. The third-order valence-corrected chi connectivity index (χ3v) is 2.85. The maximum atomic E-state index is 11.8. The molecule has 0 radical (unpaired) electrons. The largest absolute Gasteiger partial charge is 0.397 e. The summed E-state index contributed by atoms with van der Waals surface area (Å²) in [4.78, 5) is 15.8. The molecular weight excluding hydrogens is 329 g/mol. The summed E-state index contributed by atoms with van der Waals surface area (Å²) in [6.07, 6.45) is 1.50. The van der Waals surface area contributed by atoms with Crippen molar-refractivity contribution in [2.75, 3.05) is 11.1 Å². The van der Waals surface area contributed by atoms with Crippen LogP contribution in [0.2, 0.25) is 0 Å². The van der Waals surface area contributed by atoms with Gasteiger partial charge in [-0.1, -0.05) is 0 Å². The summed E-state index contributed by atoms with van der Waals surface area (Å²) in [6, 6.07) is 10.7. The van der Waals surface area contributed by atoms with Gasteiger partial charge in [0, 0.05) is 9.13 Å². The van der Waals surface area contributed by atoms with Gasteiger partial charge < -0.3 is 11.1 Å². The molecule has 1 aromatic carbocycles. The van der Waals surface area contributed by atoms with E-state index in [0.29, 0.717) is 17.1 Å². The van der Waals surface area contributed by atoms with Gasteiger partial charge in [-0.15, -0.1) is 0 Å². The number of nitrogens with one attached hydrogen (secondary N) is 1. The molecule has 5 heteroatoms. The number of anilines is 2. The average molecular weight is 339 g/mol. The van der Waals surface area contributed by atoms with Gasteiger partial charge in [0.15, 0.2) is 0 Å². The minimum absolute atomic E-state index is 0.182. The minimum Gasteiger partial charge on any atom is -0.397 e. The molecule has 3 N–H and O–H groups in total. The summed E-state index contributed by atoms with van der Waals surface area (Å²) < 4.78 is 1.09. The van der Waals surface area contributed by atoms with Gasteiger partial charge in [0.05, 0.1) is 11.9 Å². The minimum atomic E-state index is -0.182. The fourth-order valence-electron chi connectivity index (χ4n) is 1.27. The standard InChI is InChI=1S/C12H10IN3O/c13-9-3-1-8(2-4-9)12(17)16-11-6-5-10(14)7-15-11/h1-7H,14H2,(H,15,16,17). The lowest BCUT2D eigenvalue weighted by molar-refractivity contribution is 0.102. The molecule has 2 aromatic rings. The smallest absolute Gasteiger partial charge is 0.256 e. The maximum absolute atomic E-state index is 11.8. The van der Waals surface area contributed by atoms with E-state index >= 15 is 0 Å². The van der Waals surface area contributed by atoms with E-state index in [-0.39, 0.29) is 5.91 Å². The summed E-state index contributed by atoms with van der Waals surface area (Å²) in [5.41, 5.74) is 6.68. The molecule has 1 heterocycles. The van der Waals surface area contributed by atoms with Crippen molar-refractivity contribution in [1.82, 2.24) is 4.98 Å². The van der Waals surface area contributed by atoms with Crippen molar-refractivity contribution >= 4 is 40.0 Å². The number of hydrogen-bond acceptors (Lipinski definition) is 3. The van der Waals surface area contributed by atoms with E-state index in [2.05, 4.69) is 32.9 Å². The maximum Gasteiger partial charge on any atom is 0.256 e. The molecule has 17 heavy (non-hydrogen) atoms. The number of rotatable bonds is 2. The van der Waals surface area contributed by atoms with E-state index < -0.39 is 0 Å². The van der Waals surface area contributed by atoms with E-state index in [1.54, 1.807) is 24.3 Å². The third kappa shape index (κ3) is 3.16. The lowest BCUT2D eigenvalue weighted by atomic mass is 10.2. The highest BCUT2D eigenvalue weighted by Gasteiger charge is 2.05. The number of nitrogen functional groups attached to an aromatic ring is 1. The Balaban J connectivity index is 2.11. The van der Waals surface area contributed by atoms with Crippen molar-refractivity contribution in [3.63, 3.8) is 0 Å². The van der Waals surface area contributed by atoms with E-state index in [0.717, 1.165) is 3.57 Å². The predicted molar refractivity (Wildman–Crippen MR) is 75.8 cm³/mol. The van der Waals surface area contributed by atoms with Crippen LogP contribution >= 0.6 is 22.6 Å². The molecule has 4 nitrogen and oxygen atoms in total. The first-order valence-electron chi connectivity index (χ1n) is 4.93. The van der Waals surface area contributed by atoms with Crippen molar-refractivity contribution in [2.45, 2.75) is 0 Å². The quantitative estimate of drug-likeness (QED) is 0.827. The summed E-state index contributed by atoms with van der Waals surface area (Å²) in [5, 5.41) is 2.70. The summed E-state index contributed by atoms with van der Waals surface area (Å²) in [7, 11) is 0. The van der Waals surface area contributed by atoms with Crippen molar-refractivity contribution in [2.24, 2.45) is 0 Å². The van der Waals surface area contributed by atoms with Crippen molar-refractivity contribution < 1.29 is 4.79 Å². The van der Waals surface area contributed by atoms with Gasteiger partial charge in [0.2, 0.25) is 0 Å². The molecule has 0 aliphatic rings. The molecule has 2 rings (SSSR count). The molecule has 86 valence electrons. The van der Waals surface area contributed by atoms with E-state index in [1.807, 2.05) is 12.1 Å². The van der Waals surface area contributed by atoms with Crippen LogP contribution in [0.4, 0.5) is 11.5 Å². The second kappa shape index (κ2) is 5.13. The molecule has 0 unspecified atom stereocenters. The number of carbonyl (C=O) groups excluding carboxylic acids is 1. The van der Waals surface area contributed by atoms with Crippen LogP contribution in [0.5, 0.6) is 0 Å². The molecule has 0 saturated carbocycles. The highest BCUT2D eigenvalue weighted by molar-refractivity contribution is 14.1. The first-order valence-corrected chi connectivity index (χ1v) is 6.01. The van der Waals surface area contributed by atoms with E-state index in [4.69, 9.17) is 5.73 Å². The van der Waals surface area contributed by atoms with Crippen LogP contribution in [0.1, 0.15) is 10.4 Å². The number of amides is 1. The number of carbonyl (C=O) groups is 1. The Morgan fingerprint density at radius 3 is 2.47 bits per heavy atom. The Bertz CT molecular complexity index is 522. The molecule has 0 spiro atoms. The van der Waals surface area contributed by atoms with Crippen molar-refractivity contribution in [3.05, 3.63) is 51.7 Å². The van der Waals surface area contributed by atoms with Gasteiger partial charge in [0.25, 0.3) is 5.91 Å². The highest BCUT2D eigenvalue weighted by atomic mass is 127. The third-order valence-electron chi connectivity index (χ3n) is 2.13. The van der Waals surface area contributed by atoms with Gasteiger partial charge >= 0.3 is 0 Å². The van der Waals surface area contributed by atoms with Crippen LogP contribution in [0.3, 0.4) is 0 Å². The lowest BCUT2D eigenvalue weighted by Crippen LogP contribution is -2.12. The Morgan fingerprint density at radius 1 is 1.18 bits per heavy atom. The first-order chi connectivity index (χ1) is 8.15. The van der Waals surface area contributed by atoms with Crippen LogP contribution in [0, 0.1) is 3.57 Å². The monoisotopic (exact) mass is 339 g/mol. The SMILES string of the molecule is Nc1ccc(NC(=O)c2ccc(I)cc2)nc1. The Kier molecular flexibility index (Phi) is 3.58. The van der Waals surface area contributed by atoms with Crippen LogP contribution in [0.25, 0.3) is 0 Å². The van der Waals surface area contributed by atoms with Gasteiger partial charge in [-0.2, -0.15) is 0 Å². The number of nitrogens with zero attached hydrogens (tertiary/aromatic N) is 1. The number of pyridine rings is 1. The van der Waals surface area contributed by atoms with Crippen LogP contribution < -0.4 is 11.1 Å². The first kappa shape index (κ1) is 11.8. The van der Waals surface area contributed by atoms with Crippen LogP contribution in [-0.2, 0) is 0 Å². The number of benzene rings is 1. The van der Waals surface area contributed by atoms with Gasteiger partial charge in [-0.05, 0) is 59.0 Å². The van der Waals surface area contributed by atoms with Gasteiger partial charge in [-0.25, -0.2) is 4.98 Å². The van der Waals surface area contributed by atoms with E-state index in [9.17, 15) is 4.79 Å². The molecule has 0 saturated heterocycles. The summed E-state index contributed by atoms with van der Waals surface area (Å²) >= 11 is 2.19. The predicted octanol–water partition coefficient (Wildman–Crippen LogP) is 2.52. The van der Waals surface area contributed by atoms with Crippen LogP contribution in [-0.4, -0.2) is 10.9 Å². The molecule has 1 amide bonds. The zero-order valence-electron chi connectivity index (χ0n) is 8.85. The van der Waals surface area contributed by atoms with Gasteiger partial charge in [0.1, 0.15) is 5.82 Å². The zero-order valence-corrected chi connectivity index (χ0v) is 11.0. The van der Waals surface area contributed by atoms with Crippen molar-refractivity contribution in [1.29, 1.82) is 0 Å². The number of aromatic nitrogens is 1. The summed E-state index contributed by atoms with van der Waals surface area (Å²) in [5.74, 6) is 0.307. The Morgan fingerprint density at radius 2 is 1.88 bits per heavy atom. The molecule has 0 aliphatic heterocycles. The molecule has 1 aromatic heterocycles. The molecule has 0 aliphatic carbocycles. The number of halogens is 1. The molecular formula is C12H10IN3O. The second-order valence-electron chi connectivity index (χ2n) is 3.44. The zero-order chi connectivity index (χ0) is 12.3.